The van der Waals surface area contributed by atoms with Gasteiger partial charge in [0, 0.05) is 18.6 Å². The molecule has 1 saturated heterocycles. The van der Waals surface area contributed by atoms with E-state index in [0.717, 1.165) is 32.1 Å². The molecule has 5 nitrogen and oxygen atoms in total. The van der Waals surface area contributed by atoms with Gasteiger partial charge in [-0.1, -0.05) is 6.42 Å². The maximum Gasteiger partial charge on any atom is 0.280 e. The fourth-order valence-corrected chi connectivity index (χ4v) is 3.68. The lowest BCUT2D eigenvalue weighted by Crippen LogP contribution is -2.50. The van der Waals surface area contributed by atoms with E-state index < -0.39 is 10.2 Å². The average Bonchev–Trinajstić information content (AvgIpc) is 3.01. The second-order valence-electron chi connectivity index (χ2n) is 4.34. The number of aliphatic hydroxyl groups is 1. The highest BCUT2D eigenvalue weighted by molar-refractivity contribution is 7.87. The van der Waals surface area contributed by atoms with Crippen LogP contribution in [0.3, 0.4) is 0 Å². The Kier molecular flexibility index (Phi) is 3.30. The van der Waals surface area contributed by atoms with Crippen molar-refractivity contribution in [3.63, 3.8) is 0 Å². The van der Waals surface area contributed by atoms with Crippen molar-refractivity contribution in [1.82, 2.24) is 9.03 Å². The van der Waals surface area contributed by atoms with Gasteiger partial charge in [0.15, 0.2) is 0 Å². The summed E-state index contributed by atoms with van der Waals surface area (Å²) in [6.45, 7) is 0.457. The normalized spacial score (nSPS) is 29.3. The van der Waals surface area contributed by atoms with Crippen LogP contribution in [-0.4, -0.2) is 43.1 Å². The molecule has 1 unspecified atom stereocenters. The van der Waals surface area contributed by atoms with E-state index in [2.05, 4.69) is 4.72 Å². The molecule has 88 valence electrons. The van der Waals surface area contributed by atoms with Crippen LogP contribution >= 0.6 is 0 Å². The van der Waals surface area contributed by atoms with E-state index in [1.165, 1.54) is 4.31 Å². The molecule has 0 radical (unpaired) electrons. The number of nitrogens with one attached hydrogen (secondary N) is 1. The SMILES string of the molecule is O=S(=O)(NC1CC1)N1CCCCC1CO. The summed E-state index contributed by atoms with van der Waals surface area (Å²) in [6.07, 6.45) is 4.54. The topological polar surface area (TPSA) is 69.6 Å². The molecule has 0 spiro atoms. The molecule has 1 saturated carbocycles. The van der Waals surface area contributed by atoms with Crippen molar-refractivity contribution in [1.29, 1.82) is 0 Å². The zero-order chi connectivity index (χ0) is 10.9. The Morgan fingerprint density at radius 3 is 2.60 bits per heavy atom. The van der Waals surface area contributed by atoms with Crippen molar-refractivity contribution in [2.75, 3.05) is 13.2 Å². The summed E-state index contributed by atoms with van der Waals surface area (Å²) in [7, 11) is -3.36. The summed E-state index contributed by atoms with van der Waals surface area (Å²) in [4.78, 5) is 0. The number of hydrogen-bond donors (Lipinski definition) is 2. The highest BCUT2D eigenvalue weighted by atomic mass is 32.2. The summed E-state index contributed by atoms with van der Waals surface area (Å²) < 4.78 is 27.9. The predicted molar refractivity (Wildman–Crippen MR) is 56.5 cm³/mol. The van der Waals surface area contributed by atoms with E-state index in [-0.39, 0.29) is 18.7 Å². The molecule has 1 aliphatic carbocycles. The molecular weight excluding hydrogens is 216 g/mol. The monoisotopic (exact) mass is 234 g/mol. The van der Waals surface area contributed by atoms with Crippen LogP contribution in [0.2, 0.25) is 0 Å². The smallest absolute Gasteiger partial charge is 0.280 e. The average molecular weight is 234 g/mol. The lowest BCUT2D eigenvalue weighted by Gasteiger charge is -2.33. The molecule has 2 rings (SSSR count). The molecule has 1 heterocycles. The van der Waals surface area contributed by atoms with Gasteiger partial charge in [0.25, 0.3) is 10.2 Å². The molecule has 0 amide bonds. The molecule has 1 aliphatic heterocycles. The third-order valence-electron chi connectivity index (χ3n) is 2.99. The van der Waals surface area contributed by atoms with Crippen molar-refractivity contribution in [2.24, 2.45) is 0 Å². The fraction of sp³-hybridized carbons (Fsp3) is 1.00. The van der Waals surface area contributed by atoms with Crippen molar-refractivity contribution in [3.05, 3.63) is 0 Å². The third-order valence-corrected chi connectivity index (χ3v) is 4.71. The minimum atomic E-state index is -3.36. The Morgan fingerprint density at radius 1 is 1.27 bits per heavy atom. The second-order valence-corrected chi connectivity index (χ2v) is 5.99. The van der Waals surface area contributed by atoms with Gasteiger partial charge in [-0.2, -0.15) is 17.4 Å². The first-order chi connectivity index (χ1) is 7.13. The van der Waals surface area contributed by atoms with Gasteiger partial charge in [0.2, 0.25) is 0 Å². The van der Waals surface area contributed by atoms with E-state index in [1.54, 1.807) is 0 Å². The summed E-state index contributed by atoms with van der Waals surface area (Å²) in [5, 5.41) is 9.14. The Hall–Kier alpha value is -0.170. The summed E-state index contributed by atoms with van der Waals surface area (Å²) in [5.74, 6) is 0. The van der Waals surface area contributed by atoms with E-state index in [4.69, 9.17) is 5.11 Å². The highest BCUT2D eigenvalue weighted by Gasteiger charge is 2.35. The number of nitrogens with zero attached hydrogens (tertiary/aromatic N) is 1. The molecule has 1 atom stereocenters. The quantitative estimate of drug-likeness (QED) is 0.709. The maximum atomic E-state index is 11.9. The molecule has 2 aliphatic rings. The first-order valence-electron chi connectivity index (χ1n) is 5.53. The first kappa shape index (κ1) is 11.3. The minimum absolute atomic E-state index is 0.0778. The highest BCUT2D eigenvalue weighted by Crippen LogP contribution is 2.24. The number of aliphatic hydroxyl groups excluding tert-OH is 1. The van der Waals surface area contributed by atoms with E-state index in [9.17, 15) is 8.42 Å². The minimum Gasteiger partial charge on any atom is -0.395 e. The molecule has 0 bridgehead atoms. The Balaban J connectivity index is 2.04. The maximum absolute atomic E-state index is 11.9. The molecule has 6 heteroatoms. The van der Waals surface area contributed by atoms with Crippen molar-refractivity contribution in [2.45, 2.75) is 44.2 Å². The van der Waals surface area contributed by atoms with Crippen LogP contribution in [0.25, 0.3) is 0 Å². The zero-order valence-corrected chi connectivity index (χ0v) is 9.54. The predicted octanol–water partition coefficient (Wildman–Crippen LogP) is -0.170. The van der Waals surface area contributed by atoms with E-state index >= 15 is 0 Å². The molecule has 0 aromatic carbocycles. The van der Waals surface area contributed by atoms with Crippen molar-refractivity contribution in [3.8, 4) is 0 Å². The third kappa shape index (κ3) is 2.69. The van der Waals surface area contributed by atoms with Crippen LogP contribution in [0.15, 0.2) is 0 Å². The van der Waals surface area contributed by atoms with Gasteiger partial charge in [0.05, 0.1) is 6.61 Å². The van der Waals surface area contributed by atoms with Gasteiger partial charge in [-0.25, -0.2) is 0 Å². The van der Waals surface area contributed by atoms with Crippen LogP contribution in [0.5, 0.6) is 0 Å². The largest absolute Gasteiger partial charge is 0.395 e. The van der Waals surface area contributed by atoms with Gasteiger partial charge in [-0.3, -0.25) is 0 Å². The van der Waals surface area contributed by atoms with Crippen molar-refractivity contribution < 1.29 is 13.5 Å². The summed E-state index contributed by atoms with van der Waals surface area (Å²) in [6, 6.07) is -0.0914. The Bertz CT molecular complexity index is 313. The second kappa shape index (κ2) is 4.37. The number of hydrogen-bond acceptors (Lipinski definition) is 3. The van der Waals surface area contributed by atoms with Gasteiger partial charge < -0.3 is 5.11 Å². The molecular formula is C9H18N2O3S. The standard InChI is InChI=1S/C9H18N2O3S/c12-7-9-3-1-2-6-11(9)15(13,14)10-8-4-5-8/h8-10,12H,1-7H2. The van der Waals surface area contributed by atoms with Crippen LogP contribution in [0.4, 0.5) is 0 Å². The van der Waals surface area contributed by atoms with E-state index in [0.29, 0.717) is 6.54 Å². The molecule has 0 aromatic heterocycles. The summed E-state index contributed by atoms with van der Waals surface area (Å²) in [5.41, 5.74) is 0. The number of piperidine rings is 1. The Morgan fingerprint density at radius 2 is 2.00 bits per heavy atom. The Labute approximate surface area is 90.6 Å². The molecule has 15 heavy (non-hydrogen) atoms. The fourth-order valence-electron chi connectivity index (χ4n) is 1.95. The lowest BCUT2D eigenvalue weighted by atomic mass is 10.1. The number of rotatable bonds is 4. The summed E-state index contributed by atoms with van der Waals surface area (Å²) >= 11 is 0. The lowest BCUT2D eigenvalue weighted by molar-refractivity contribution is 0.154. The van der Waals surface area contributed by atoms with Crippen LogP contribution in [0, 0.1) is 0 Å². The van der Waals surface area contributed by atoms with Gasteiger partial charge in [0.1, 0.15) is 0 Å². The van der Waals surface area contributed by atoms with Crippen LogP contribution in [0.1, 0.15) is 32.1 Å². The van der Waals surface area contributed by atoms with Crippen LogP contribution < -0.4 is 4.72 Å². The first-order valence-corrected chi connectivity index (χ1v) is 6.97. The van der Waals surface area contributed by atoms with Gasteiger partial charge in [-0.15, -0.1) is 0 Å². The van der Waals surface area contributed by atoms with Crippen LogP contribution in [-0.2, 0) is 10.2 Å². The van der Waals surface area contributed by atoms with E-state index in [1.807, 2.05) is 0 Å². The zero-order valence-electron chi connectivity index (χ0n) is 8.72. The molecule has 2 fully saturated rings. The molecule has 0 aromatic rings. The molecule has 2 N–H and O–H groups in total. The van der Waals surface area contributed by atoms with Gasteiger partial charge in [-0.05, 0) is 25.7 Å². The van der Waals surface area contributed by atoms with Gasteiger partial charge >= 0.3 is 0 Å². The van der Waals surface area contributed by atoms with Crippen molar-refractivity contribution >= 4 is 10.2 Å².